The Morgan fingerprint density at radius 2 is 2.06 bits per heavy atom. The van der Waals surface area contributed by atoms with Gasteiger partial charge in [0, 0.05) is 11.8 Å². The zero-order valence-corrected chi connectivity index (χ0v) is 9.14. The number of para-hydroxylation sites is 1. The van der Waals surface area contributed by atoms with Crippen LogP contribution >= 0.6 is 0 Å². The number of aromatic amines is 1. The number of hydrogen-bond donors (Lipinski definition) is 1. The van der Waals surface area contributed by atoms with E-state index in [0.29, 0.717) is 13.2 Å². The van der Waals surface area contributed by atoms with Crippen molar-refractivity contribution >= 4 is 0 Å². The number of aryl methyl sites for hydroxylation is 1. The first-order valence-electron chi connectivity index (χ1n) is 5.20. The minimum Gasteiger partial charge on any atom is -0.492 e. The number of benzene rings is 1. The van der Waals surface area contributed by atoms with Crippen molar-refractivity contribution in [2.24, 2.45) is 0 Å². The fourth-order valence-corrected chi connectivity index (χ4v) is 1.50. The molecule has 0 saturated carbocycles. The van der Waals surface area contributed by atoms with Gasteiger partial charge in [0.15, 0.2) is 0 Å². The van der Waals surface area contributed by atoms with Crippen molar-refractivity contribution in [3.05, 3.63) is 52.4 Å². The molecule has 84 valence electrons. The molecule has 4 nitrogen and oxygen atoms in total. The molecule has 1 heterocycles. The molecule has 0 aliphatic rings. The molecule has 0 unspecified atom stereocenters. The highest BCUT2D eigenvalue weighted by molar-refractivity contribution is 5.20. The van der Waals surface area contributed by atoms with E-state index in [-0.39, 0.29) is 5.56 Å². The lowest BCUT2D eigenvalue weighted by atomic mass is 10.3. The van der Waals surface area contributed by atoms with Crippen molar-refractivity contribution in [3.63, 3.8) is 0 Å². The van der Waals surface area contributed by atoms with Crippen molar-refractivity contribution < 1.29 is 4.74 Å². The number of ether oxygens (including phenoxy) is 1. The van der Waals surface area contributed by atoms with Gasteiger partial charge in [-0.1, -0.05) is 18.2 Å². The Balaban J connectivity index is 1.89. The number of nitrogens with zero attached hydrogens (tertiary/aromatic N) is 1. The molecule has 16 heavy (non-hydrogen) atoms. The Labute approximate surface area is 93.5 Å². The lowest BCUT2D eigenvalue weighted by Gasteiger charge is -2.05. The first-order chi connectivity index (χ1) is 7.75. The topological polar surface area (TPSA) is 47.0 Å². The number of aromatic nitrogens is 2. The summed E-state index contributed by atoms with van der Waals surface area (Å²) in [5.41, 5.74) is 0.846. The van der Waals surface area contributed by atoms with Crippen LogP contribution in [0.15, 0.2) is 41.2 Å². The molecule has 4 heteroatoms. The Morgan fingerprint density at radius 3 is 2.69 bits per heavy atom. The van der Waals surface area contributed by atoms with Gasteiger partial charge in [0.05, 0.1) is 6.54 Å². The minimum absolute atomic E-state index is 0.0193. The van der Waals surface area contributed by atoms with E-state index in [4.69, 9.17) is 4.74 Å². The van der Waals surface area contributed by atoms with Crippen LogP contribution in [0.5, 0.6) is 5.75 Å². The van der Waals surface area contributed by atoms with Gasteiger partial charge in [0.25, 0.3) is 5.56 Å². The fourth-order valence-electron chi connectivity index (χ4n) is 1.50. The van der Waals surface area contributed by atoms with Crippen LogP contribution in [0.25, 0.3) is 0 Å². The number of nitrogens with one attached hydrogen (secondary N) is 1. The Kier molecular flexibility index (Phi) is 3.10. The number of H-pyrrole nitrogens is 1. The first-order valence-corrected chi connectivity index (χ1v) is 5.20. The summed E-state index contributed by atoms with van der Waals surface area (Å²) in [7, 11) is 0. The van der Waals surface area contributed by atoms with E-state index in [9.17, 15) is 4.79 Å². The normalized spacial score (nSPS) is 10.3. The van der Waals surface area contributed by atoms with Crippen molar-refractivity contribution in [2.45, 2.75) is 13.5 Å². The molecule has 1 aromatic carbocycles. The monoisotopic (exact) mass is 218 g/mol. The average Bonchev–Trinajstić information content (AvgIpc) is 2.59. The molecule has 0 radical (unpaired) electrons. The maximum atomic E-state index is 11.4. The van der Waals surface area contributed by atoms with Gasteiger partial charge in [-0.2, -0.15) is 0 Å². The number of rotatable bonds is 4. The van der Waals surface area contributed by atoms with Crippen LogP contribution in [0, 0.1) is 6.92 Å². The molecule has 0 amide bonds. The van der Waals surface area contributed by atoms with E-state index in [0.717, 1.165) is 11.4 Å². The van der Waals surface area contributed by atoms with Crippen molar-refractivity contribution in [3.8, 4) is 5.75 Å². The van der Waals surface area contributed by atoms with Crippen LogP contribution in [0.3, 0.4) is 0 Å². The van der Waals surface area contributed by atoms with Crippen LogP contribution < -0.4 is 10.3 Å². The molecule has 0 atom stereocenters. The molecule has 0 aliphatic carbocycles. The fraction of sp³-hybridized carbons (Fsp3) is 0.250. The van der Waals surface area contributed by atoms with Gasteiger partial charge < -0.3 is 4.74 Å². The molecule has 0 spiro atoms. The molecular formula is C12H14N2O2. The van der Waals surface area contributed by atoms with E-state index in [1.54, 1.807) is 6.07 Å². The van der Waals surface area contributed by atoms with E-state index >= 15 is 0 Å². The van der Waals surface area contributed by atoms with Gasteiger partial charge in [0.1, 0.15) is 12.4 Å². The van der Waals surface area contributed by atoms with Crippen molar-refractivity contribution in [2.75, 3.05) is 6.61 Å². The lowest BCUT2D eigenvalue weighted by molar-refractivity contribution is 0.289. The van der Waals surface area contributed by atoms with Crippen LogP contribution in [0.4, 0.5) is 0 Å². The Morgan fingerprint density at radius 1 is 1.31 bits per heavy atom. The largest absolute Gasteiger partial charge is 0.492 e. The summed E-state index contributed by atoms with van der Waals surface area (Å²) in [5, 5.41) is 2.95. The average molecular weight is 218 g/mol. The van der Waals surface area contributed by atoms with Crippen LogP contribution in [-0.4, -0.2) is 16.4 Å². The van der Waals surface area contributed by atoms with Crippen LogP contribution in [0.2, 0.25) is 0 Å². The second-order valence-corrected chi connectivity index (χ2v) is 3.59. The molecule has 1 N–H and O–H groups in total. The number of hydrogen-bond acceptors (Lipinski definition) is 2. The predicted molar refractivity (Wildman–Crippen MR) is 61.7 cm³/mol. The Hall–Kier alpha value is -1.97. The highest BCUT2D eigenvalue weighted by Gasteiger charge is 1.99. The van der Waals surface area contributed by atoms with Crippen molar-refractivity contribution in [1.82, 2.24) is 9.78 Å². The zero-order chi connectivity index (χ0) is 11.4. The van der Waals surface area contributed by atoms with E-state index in [1.165, 1.54) is 4.68 Å². The summed E-state index contributed by atoms with van der Waals surface area (Å²) in [6.07, 6.45) is 0. The highest BCUT2D eigenvalue weighted by Crippen LogP contribution is 2.07. The third-order valence-corrected chi connectivity index (χ3v) is 2.24. The minimum atomic E-state index is -0.0193. The zero-order valence-electron chi connectivity index (χ0n) is 9.14. The van der Waals surface area contributed by atoms with Gasteiger partial charge in [-0.25, -0.2) is 4.68 Å². The van der Waals surface area contributed by atoms with Gasteiger partial charge in [0.2, 0.25) is 0 Å². The van der Waals surface area contributed by atoms with Gasteiger partial charge in [-0.3, -0.25) is 9.89 Å². The van der Waals surface area contributed by atoms with Crippen LogP contribution in [-0.2, 0) is 6.54 Å². The lowest BCUT2D eigenvalue weighted by Crippen LogP contribution is -2.20. The van der Waals surface area contributed by atoms with Crippen molar-refractivity contribution in [1.29, 1.82) is 0 Å². The SMILES string of the molecule is Cc1cc(=O)n(CCOc2ccccc2)[nH]1. The summed E-state index contributed by atoms with van der Waals surface area (Å²) >= 11 is 0. The van der Waals surface area contributed by atoms with Crippen LogP contribution in [0.1, 0.15) is 5.69 Å². The predicted octanol–water partition coefficient (Wildman–Crippen LogP) is 1.56. The maximum Gasteiger partial charge on any atom is 0.266 e. The molecule has 1 aromatic heterocycles. The third kappa shape index (κ3) is 2.53. The second-order valence-electron chi connectivity index (χ2n) is 3.59. The summed E-state index contributed by atoms with van der Waals surface area (Å²) in [6.45, 7) is 2.86. The summed E-state index contributed by atoms with van der Waals surface area (Å²) in [4.78, 5) is 11.4. The smallest absolute Gasteiger partial charge is 0.266 e. The van der Waals surface area contributed by atoms with Gasteiger partial charge in [-0.05, 0) is 19.1 Å². The summed E-state index contributed by atoms with van der Waals surface area (Å²) in [6, 6.07) is 11.1. The Bertz CT molecular complexity index is 499. The third-order valence-electron chi connectivity index (χ3n) is 2.24. The van der Waals surface area contributed by atoms with Gasteiger partial charge in [-0.15, -0.1) is 0 Å². The highest BCUT2D eigenvalue weighted by atomic mass is 16.5. The maximum absolute atomic E-state index is 11.4. The molecule has 0 bridgehead atoms. The molecular weight excluding hydrogens is 204 g/mol. The summed E-state index contributed by atoms with van der Waals surface area (Å²) < 4.78 is 7.03. The molecule has 2 rings (SSSR count). The molecule has 2 aromatic rings. The molecule has 0 fully saturated rings. The molecule has 0 saturated heterocycles. The van der Waals surface area contributed by atoms with E-state index < -0.39 is 0 Å². The second kappa shape index (κ2) is 4.70. The standard InChI is InChI=1S/C12H14N2O2/c1-10-9-12(15)14(13-10)7-8-16-11-5-3-2-4-6-11/h2-6,9,13H,7-8H2,1H3. The first kappa shape index (κ1) is 10.5. The summed E-state index contributed by atoms with van der Waals surface area (Å²) in [5.74, 6) is 0.818. The van der Waals surface area contributed by atoms with E-state index in [2.05, 4.69) is 5.10 Å². The molecule has 0 aliphatic heterocycles. The quantitative estimate of drug-likeness (QED) is 0.846. The van der Waals surface area contributed by atoms with Gasteiger partial charge >= 0.3 is 0 Å². The van der Waals surface area contributed by atoms with E-state index in [1.807, 2.05) is 37.3 Å².